The van der Waals surface area contributed by atoms with E-state index in [9.17, 15) is 13.2 Å². The second kappa shape index (κ2) is 4.50. The van der Waals surface area contributed by atoms with Crippen molar-refractivity contribution in [1.82, 2.24) is 9.97 Å². The summed E-state index contributed by atoms with van der Waals surface area (Å²) in [5.74, 6) is 0.505. The van der Waals surface area contributed by atoms with Crippen molar-refractivity contribution in [2.75, 3.05) is 11.9 Å². The van der Waals surface area contributed by atoms with Gasteiger partial charge >= 0.3 is 6.18 Å². The van der Waals surface area contributed by atoms with Crippen LogP contribution in [0.1, 0.15) is 31.4 Å². The van der Waals surface area contributed by atoms with Gasteiger partial charge in [0.1, 0.15) is 5.82 Å². The summed E-state index contributed by atoms with van der Waals surface area (Å²) in [7, 11) is 1.85. The lowest BCUT2D eigenvalue weighted by molar-refractivity contribution is -0.141. The standard InChI is InChI=1S/C11H14F3N3/c1-17(8-4-2-3-5-8)10-7-15-9(6-16-10)11(12,13)14/h6-8H,2-5H2,1H3. The minimum atomic E-state index is -4.42. The molecule has 1 heterocycles. The van der Waals surface area contributed by atoms with E-state index >= 15 is 0 Å². The third-order valence-electron chi connectivity index (χ3n) is 3.16. The van der Waals surface area contributed by atoms with E-state index in [4.69, 9.17) is 0 Å². The largest absolute Gasteiger partial charge is 0.434 e. The van der Waals surface area contributed by atoms with Gasteiger partial charge in [-0.25, -0.2) is 9.97 Å². The second-order valence-electron chi connectivity index (χ2n) is 4.31. The molecule has 1 aromatic heterocycles. The zero-order valence-electron chi connectivity index (χ0n) is 9.54. The van der Waals surface area contributed by atoms with Gasteiger partial charge in [-0.05, 0) is 12.8 Å². The third kappa shape index (κ3) is 2.68. The minimum Gasteiger partial charge on any atom is -0.355 e. The molecular weight excluding hydrogens is 231 g/mol. The quantitative estimate of drug-likeness (QED) is 0.802. The molecule has 0 bridgehead atoms. The molecule has 1 aliphatic carbocycles. The summed E-state index contributed by atoms with van der Waals surface area (Å²) in [6.45, 7) is 0. The summed E-state index contributed by atoms with van der Waals surface area (Å²) in [4.78, 5) is 9.16. The molecule has 0 atom stereocenters. The van der Waals surface area contributed by atoms with Crippen LogP contribution < -0.4 is 4.90 Å². The van der Waals surface area contributed by atoms with Crippen LogP contribution in [0.3, 0.4) is 0 Å². The summed E-state index contributed by atoms with van der Waals surface area (Å²) < 4.78 is 36.9. The smallest absolute Gasteiger partial charge is 0.355 e. The molecule has 3 nitrogen and oxygen atoms in total. The first-order chi connectivity index (χ1) is 7.98. The predicted molar refractivity (Wildman–Crippen MR) is 57.7 cm³/mol. The molecule has 0 aliphatic heterocycles. The van der Waals surface area contributed by atoms with Crippen molar-refractivity contribution in [3.63, 3.8) is 0 Å². The molecule has 1 aromatic rings. The van der Waals surface area contributed by atoms with Gasteiger partial charge in [0.25, 0.3) is 0 Å². The van der Waals surface area contributed by atoms with Crippen molar-refractivity contribution in [1.29, 1.82) is 0 Å². The Kier molecular flexibility index (Phi) is 3.22. The van der Waals surface area contributed by atoms with Crippen molar-refractivity contribution in [2.24, 2.45) is 0 Å². The summed E-state index contributed by atoms with van der Waals surface area (Å²) >= 11 is 0. The maximum atomic E-state index is 12.3. The first-order valence-corrected chi connectivity index (χ1v) is 5.60. The van der Waals surface area contributed by atoms with E-state index in [1.165, 1.54) is 19.0 Å². The Bertz CT molecular complexity index is 369. The molecule has 94 valence electrons. The minimum absolute atomic E-state index is 0.376. The van der Waals surface area contributed by atoms with Gasteiger partial charge in [-0.2, -0.15) is 13.2 Å². The fourth-order valence-corrected chi connectivity index (χ4v) is 2.13. The van der Waals surface area contributed by atoms with Crippen molar-refractivity contribution in [3.05, 3.63) is 18.1 Å². The highest BCUT2D eigenvalue weighted by Gasteiger charge is 2.33. The van der Waals surface area contributed by atoms with Crippen molar-refractivity contribution >= 4 is 5.82 Å². The highest BCUT2D eigenvalue weighted by Crippen LogP contribution is 2.29. The van der Waals surface area contributed by atoms with E-state index in [0.717, 1.165) is 19.0 Å². The van der Waals surface area contributed by atoms with Gasteiger partial charge in [-0.3, -0.25) is 0 Å². The average molecular weight is 245 g/mol. The fraction of sp³-hybridized carbons (Fsp3) is 0.636. The number of alkyl halides is 3. The Morgan fingerprint density at radius 3 is 2.29 bits per heavy atom. The van der Waals surface area contributed by atoms with Gasteiger partial charge < -0.3 is 4.90 Å². The summed E-state index contributed by atoms with van der Waals surface area (Å²) in [6.07, 6.45) is 2.05. The van der Waals surface area contributed by atoms with Gasteiger partial charge in [0.2, 0.25) is 0 Å². The monoisotopic (exact) mass is 245 g/mol. The third-order valence-corrected chi connectivity index (χ3v) is 3.16. The number of hydrogen-bond donors (Lipinski definition) is 0. The summed E-state index contributed by atoms with van der Waals surface area (Å²) in [5, 5.41) is 0. The van der Waals surface area contributed by atoms with Gasteiger partial charge in [-0.1, -0.05) is 12.8 Å². The number of aromatic nitrogens is 2. The SMILES string of the molecule is CN(c1cnc(C(F)(F)F)cn1)C1CCCC1. The van der Waals surface area contributed by atoms with Crippen LogP contribution in [0.2, 0.25) is 0 Å². The van der Waals surface area contributed by atoms with Gasteiger partial charge in [0, 0.05) is 13.1 Å². The highest BCUT2D eigenvalue weighted by molar-refractivity contribution is 5.36. The summed E-state index contributed by atoms with van der Waals surface area (Å²) in [5.41, 5.74) is -0.943. The maximum Gasteiger partial charge on any atom is 0.434 e. The van der Waals surface area contributed by atoms with Crippen LogP contribution in [0.25, 0.3) is 0 Å². The zero-order valence-corrected chi connectivity index (χ0v) is 9.54. The molecule has 17 heavy (non-hydrogen) atoms. The first kappa shape index (κ1) is 12.1. The molecule has 1 fully saturated rings. The van der Waals surface area contributed by atoms with Crippen molar-refractivity contribution in [3.8, 4) is 0 Å². The molecular formula is C11H14F3N3. The van der Waals surface area contributed by atoms with Crippen LogP contribution in [-0.4, -0.2) is 23.1 Å². The highest BCUT2D eigenvalue weighted by atomic mass is 19.4. The second-order valence-corrected chi connectivity index (χ2v) is 4.31. The van der Waals surface area contributed by atoms with Crippen LogP contribution in [0.4, 0.5) is 19.0 Å². The van der Waals surface area contributed by atoms with Crippen LogP contribution >= 0.6 is 0 Å². The lowest BCUT2D eigenvalue weighted by Crippen LogP contribution is -2.29. The number of rotatable bonds is 2. The molecule has 1 saturated carbocycles. The van der Waals surface area contributed by atoms with Crippen LogP contribution in [-0.2, 0) is 6.18 Å². The fourth-order valence-electron chi connectivity index (χ4n) is 2.13. The summed E-state index contributed by atoms with van der Waals surface area (Å²) in [6, 6.07) is 0.376. The number of halogens is 3. The van der Waals surface area contributed by atoms with Crippen LogP contribution in [0, 0.1) is 0 Å². The maximum absolute atomic E-state index is 12.3. The van der Waals surface area contributed by atoms with E-state index in [1.54, 1.807) is 0 Å². The molecule has 0 spiro atoms. The Morgan fingerprint density at radius 1 is 1.18 bits per heavy atom. The molecule has 0 amide bonds. The van der Waals surface area contributed by atoms with Crippen molar-refractivity contribution in [2.45, 2.75) is 37.9 Å². The number of nitrogens with zero attached hydrogens (tertiary/aromatic N) is 3. The first-order valence-electron chi connectivity index (χ1n) is 5.60. The molecule has 1 aliphatic rings. The molecule has 2 rings (SSSR count). The Hall–Kier alpha value is -1.33. The predicted octanol–water partition coefficient (Wildman–Crippen LogP) is 2.87. The number of anilines is 1. The topological polar surface area (TPSA) is 29.0 Å². The average Bonchev–Trinajstić information content (AvgIpc) is 2.80. The molecule has 0 radical (unpaired) electrons. The van der Waals surface area contributed by atoms with Crippen LogP contribution in [0.15, 0.2) is 12.4 Å². The van der Waals surface area contributed by atoms with E-state index in [-0.39, 0.29) is 0 Å². The number of hydrogen-bond acceptors (Lipinski definition) is 3. The Labute approximate surface area is 97.7 Å². The molecule has 0 N–H and O–H groups in total. The van der Waals surface area contributed by atoms with E-state index in [2.05, 4.69) is 9.97 Å². The Morgan fingerprint density at radius 2 is 1.82 bits per heavy atom. The van der Waals surface area contributed by atoms with E-state index < -0.39 is 11.9 Å². The molecule has 0 saturated heterocycles. The lowest BCUT2D eigenvalue weighted by Gasteiger charge is -2.25. The van der Waals surface area contributed by atoms with Crippen LogP contribution in [0.5, 0.6) is 0 Å². The van der Waals surface area contributed by atoms with Crippen molar-refractivity contribution < 1.29 is 13.2 Å². The molecule has 0 unspecified atom stereocenters. The lowest BCUT2D eigenvalue weighted by atomic mass is 10.2. The van der Waals surface area contributed by atoms with Gasteiger partial charge in [0.05, 0.1) is 12.4 Å². The van der Waals surface area contributed by atoms with E-state index in [0.29, 0.717) is 11.9 Å². The molecule has 0 aromatic carbocycles. The zero-order chi connectivity index (χ0) is 12.5. The van der Waals surface area contributed by atoms with E-state index in [1.807, 2.05) is 11.9 Å². The van der Waals surface area contributed by atoms with Gasteiger partial charge in [-0.15, -0.1) is 0 Å². The molecule has 6 heteroatoms. The van der Waals surface area contributed by atoms with Gasteiger partial charge in [0.15, 0.2) is 5.69 Å². The Balaban J connectivity index is 2.12. The normalized spacial score (nSPS) is 17.4.